The van der Waals surface area contributed by atoms with Crippen molar-refractivity contribution in [2.24, 2.45) is 0 Å². The Kier molecular flexibility index (Phi) is 5.37. The Bertz CT molecular complexity index is 4390. The summed E-state index contributed by atoms with van der Waals surface area (Å²) in [5.41, 5.74) is -1.00. The molecule has 11 aromatic rings. The third-order valence-corrected chi connectivity index (χ3v) is 19.8. The van der Waals surface area contributed by atoms with Gasteiger partial charge < -0.3 is 4.42 Å². The highest BCUT2D eigenvalue weighted by Gasteiger charge is 2.50. The fraction of sp³-hybridized carbons (Fsp3) is 0.211. The molecule has 0 bridgehead atoms. The predicted octanol–water partition coefficient (Wildman–Crippen LogP) is 13.9. The number of benzene rings is 7. The van der Waals surface area contributed by atoms with Crippen LogP contribution in [-0.2, 0) is 0 Å². The third kappa shape index (κ3) is 5.79. The Morgan fingerprint density at radius 3 is 1.52 bits per heavy atom. The molecule has 0 spiro atoms. The van der Waals surface area contributed by atoms with Gasteiger partial charge in [0.1, 0.15) is 19.2 Å². The van der Waals surface area contributed by atoms with Crippen molar-refractivity contribution in [1.29, 1.82) is 0 Å². The van der Waals surface area contributed by atoms with Gasteiger partial charge in [0.25, 0.3) is 0 Å². The van der Waals surface area contributed by atoms with Gasteiger partial charge in [0.05, 0.1) is 49.5 Å². The summed E-state index contributed by atoms with van der Waals surface area (Å²) in [4.78, 5) is 14.7. The molecule has 312 valence electrons. The van der Waals surface area contributed by atoms with Crippen molar-refractivity contribution < 1.29 is 31.8 Å². The van der Waals surface area contributed by atoms with E-state index in [1.165, 1.54) is 0 Å². The Hall–Kier alpha value is -6.83. The first-order valence-electron chi connectivity index (χ1n) is 31.9. The smallest absolute Gasteiger partial charge is 0.240 e. The molecule has 4 aromatic heterocycles. The third-order valence-electron chi connectivity index (χ3n) is 13.7. The van der Waals surface area contributed by atoms with Crippen LogP contribution in [0.3, 0.4) is 0 Å². The lowest BCUT2D eigenvalue weighted by molar-refractivity contribution is 0.459. The zero-order valence-corrected chi connectivity index (χ0v) is 35.4. The van der Waals surface area contributed by atoms with Gasteiger partial charge in [0.2, 0.25) is 11.9 Å². The molecule has 13 rings (SSSR count). The average molecular weight is 868 g/mol. The minimum Gasteiger partial charge on any atom is -0.456 e. The number of furan rings is 1. The standard InChI is InChI=1S/C57H49N5OSi/c1-3-19-39(20-4-1)64(40-21-5-2-6-22-40,42-34-35-54-48(37-42)47-28-11-16-33-53(47)63-54)41-23-17-18-38(36-41)55-58-56(61-49-29-12-7-24-43(49)44-25-8-13-30-50(44)61)60-57(59-55)62-51-31-14-9-26-45(51)46-27-10-15-32-52(46)62/h7-18,23-37,39-40H,1-6,19-22H2/i7D,8D,9D,10D,12D,13D,14D,15D,17D,18D,23D,24D,25D,26D,27D,29D,30D,31D,32D,36D. The molecular weight excluding hydrogens is 799 g/mol. The van der Waals surface area contributed by atoms with Crippen LogP contribution < -0.4 is 10.4 Å². The first-order valence-corrected chi connectivity index (χ1v) is 24.0. The molecule has 0 N–H and O–H groups in total. The molecule has 6 nitrogen and oxygen atoms in total. The van der Waals surface area contributed by atoms with E-state index >= 15 is 0 Å². The van der Waals surface area contributed by atoms with Crippen LogP contribution in [0, 0.1) is 0 Å². The fourth-order valence-corrected chi connectivity index (χ4v) is 17.7. The van der Waals surface area contributed by atoms with Gasteiger partial charge in [-0.15, -0.1) is 0 Å². The lowest BCUT2D eigenvalue weighted by Crippen LogP contribution is -2.65. The van der Waals surface area contributed by atoms with E-state index < -0.39 is 162 Å². The van der Waals surface area contributed by atoms with E-state index in [1.807, 2.05) is 36.4 Å². The lowest BCUT2D eigenvalue weighted by atomic mass is 9.99. The van der Waals surface area contributed by atoms with Gasteiger partial charge in [-0.25, -0.2) is 0 Å². The number of fused-ring (bicyclic) bond motifs is 9. The van der Waals surface area contributed by atoms with Gasteiger partial charge in [-0.3, -0.25) is 9.13 Å². The van der Waals surface area contributed by atoms with E-state index in [9.17, 15) is 16.4 Å². The molecule has 0 atom stereocenters. The van der Waals surface area contributed by atoms with Crippen LogP contribution in [0.1, 0.15) is 91.6 Å². The fourth-order valence-electron chi connectivity index (χ4n) is 11.0. The maximum absolute atomic E-state index is 10.8. The van der Waals surface area contributed by atoms with E-state index in [4.69, 9.17) is 30.3 Å². The Morgan fingerprint density at radius 1 is 0.469 bits per heavy atom. The maximum Gasteiger partial charge on any atom is 0.240 e. The first-order chi connectivity index (χ1) is 40.1. The molecule has 2 aliphatic rings. The second-order valence-electron chi connectivity index (χ2n) is 16.9. The van der Waals surface area contributed by atoms with Crippen LogP contribution in [0.5, 0.6) is 0 Å². The van der Waals surface area contributed by atoms with E-state index in [2.05, 4.69) is 6.07 Å². The number of hydrogen-bond donors (Lipinski definition) is 0. The largest absolute Gasteiger partial charge is 0.456 e. The number of aromatic nitrogens is 5. The molecule has 7 heteroatoms. The zero-order chi connectivity index (χ0) is 59.6. The molecule has 0 unspecified atom stereocenters. The quantitative estimate of drug-likeness (QED) is 0.150. The van der Waals surface area contributed by atoms with Crippen LogP contribution in [0.2, 0.25) is 11.1 Å². The van der Waals surface area contributed by atoms with Crippen molar-refractivity contribution in [2.75, 3.05) is 0 Å². The Morgan fingerprint density at radius 2 is 0.969 bits per heavy atom. The molecule has 0 aliphatic heterocycles. The van der Waals surface area contributed by atoms with Gasteiger partial charge in [-0.1, -0.05) is 202 Å². The zero-order valence-electron chi connectivity index (χ0n) is 54.4. The summed E-state index contributed by atoms with van der Waals surface area (Å²) in [7, 11) is -3.65. The van der Waals surface area contributed by atoms with Crippen molar-refractivity contribution >= 4 is 84.0 Å². The lowest BCUT2D eigenvalue weighted by Gasteiger charge is -2.48. The van der Waals surface area contributed by atoms with Gasteiger partial charge in [-0.2, -0.15) is 15.0 Å². The highest BCUT2D eigenvalue weighted by molar-refractivity contribution is 7.04. The first kappa shape index (κ1) is 22.7. The molecule has 2 fully saturated rings. The van der Waals surface area contributed by atoms with Crippen molar-refractivity contribution in [3.63, 3.8) is 0 Å². The van der Waals surface area contributed by atoms with Gasteiger partial charge in [-0.05, 0) is 47.4 Å². The summed E-state index contributed by atoms with van der Waals surface area (Å²) in [5.74, 6) is -1.94. The molecule has 0 radical (unpaired) electrons. The van der Waals surface area contributed by atoms with E-state index in [1.54, 1.807) is 0 Å². The topological polar surface area (TPSA) is 61.7 Å². The summed E-state index contributed by atoms with van der Waals surface area (Å²) >= 11 is 0. The summed E-state index contributed by atoms with van der Waals surface area (Å²) in [5, 5.41) is 1.46. The number of para-hydroxylation sites is 5. The molecule has 0 saturated heterocycles. The average Bonchev–Trinajstić information content (AvgIpc) is 1.44. The molecule has 64 heavy (non-hydrogen) atoms. The van der Waals surface area contributed by atoms with E-state index in [0.717, 1.165) is 89.3 Å². The highest BCUT2D eigenvalue weighted by atomic mass is 28.3. The minimum atomic E-state index is -3.65. The Balaban J connectivity index is 1.24. The molecule has 2 saturated carbocycles. The van der Waals surface area contributed by atoms with Crippen LogP contribution in [0.4, 0.5) is 0 Å². The SMILES string of the molecule is [2H]c1c([2H])c(-c2nc(-n3c4c([2H])c([2H])c([2H])c([2H])c4c4c([2H])c([2H])c([2H])c([2H])c43)nc(-n3c4c([2H])c([2H])c([2H])c([2H])c4c4c([2H])c([2H])c([2H])c([2H])c43)n2)c([2H])c([Si](c2ccc3oc4ccccc4c3c2)(C2CCCCC2)C2CCCCC2)c1[2H]. The minimum absolute atomic E-state index is 0.0705. The van der Waals surface area contributed by atoms with E-state index in [-0.39, 0.29) is 49.9 Å². The summed E-state index contributed by atoms with van der Waals surface area (Å²) in [6.45, 7) is 0. The molecular formula is C57H49N5OSi. The van der Waals surface area contributed by atoms with Crippen molar-refractivity contribution in [1.82, 2.24) is 24.1 Å². The summed E-state index contributed by atoms with van der Waals surface area (Å²) in [6.07, 6.45) is 8.46. The van der Waals surface area contributed by atoms with Gasteiger partial charge in [0.15, 0.2) is 5.82 Å². The van der Waals surface area contributed by atoms with Crippen LogP contribution in [-0.4, -0.2) is 32.2 Å². The predicted molar refractivity (Wildman–Crippen MR) is 266 cm³/mol. The highest BCUT2D eigenvalue weighted by Crippen LogP contribution is 2.49. The number of nitrogens with zero attached hydrogens (tertiary/aromatic N) is 5. The van der Waals surface area contributed by atoms with Crippen LogP contribution >= 0.6 is 0 Å². The van der Waals surface area contributed by atoms with Crippen molar-refractivity contribution in [3.05, 3.63) is 163 Å². The molecule has 7 aromatic carbocycles. The number of hydrogen-bond acceptors (Lipinski definition) is 4. The van der Waals surface area contributed by atoms with Crippen LogP contribution in [0.15, 0.2) is 168 Å². The van der Waals surface area contributed by atoms with Crippen molar-refractivity contribution in [3.8, 4) is 23.3 Å². The second-order valence-corrected chi connectivity index (χ2v) is 21.4. The van der Waals surface area contributed by atoms with Gasteiger partial charge >= 0.3 is 0 Å². The normalized spacial score (nSPS) is 20.1. The molecule has 4 heterocycles. The molecule has 2 aliphatic carbocycles. The van der Waals surface area contributed by atoms with Crippen LogP contribution in [0.25, 0.3) is 88.8 Å². The molecule has 0 amide bonds. The summed E-state index contributed by atoms with van der Waals surface area (Å²) < 4.78 is 194. The number of rotatable bonds is 7. The van der Waals surface area contributed by atoms with Gasteiger partial charge in [0, 0.05) is 37.9 Å². The van der Waals surface area contributed by atoms with Crippen molar-refractivity contribution in [2.45, 2.75) is 75.3 Å². The monoisotopic (exact) mass is 867 g/mol. The van der Waals surface area contributed by atoms with E-state index in [0.29, 0.717) is 11.2 Å². The Labute approximate surface area is 401 Å². The second kappa shape index (κ2) is 15.2. The maximum atomic E-state index is 10.8. The summed E-state index contributed by atoms with van der Waals surface area (Å²) in [6, 6.07) is 0.0955.